The van der Waals surface area contributed by atoms with Crippen LogP contribution in [0.2, 0.25) is 0 Å². The summed E-state index contributed by atoms with van der Waals surface area (Å²) in [7, 11) is 0. The Morgan fingerprint density at radius 3 is 2.14 bits per heavy atom. The highest BCUT2D eigenvalue weighted by molar-refractivity contribution is 5.83. The van der Waals surface area contributed by atoms with Crippen molar-refractivity contribution in [3.05, 3.63) is 133 Å². The maximum Gasteiger partial charge on any atom is 0.416 e. The summed E-state index contributed by atoms with van der Waals surface area (Å²) >= 11 is 0. The van der Waals surface area contributed by atoms with E-state index in [2.05, 4.69) is 0 Å². The second kappa shape index (κ2) is 12.5. The van der Waals surface area contributed by atoms with Gasteiger partial charge in [-0.25, -0.2) is 9.18 Å². The molecule has 230 valence electrons. The van der Waals surface area contributed by atoms with Crippen LogP contribution in [-0.2, 0) is 30.6 Å². The molecule has 1 atom stereocenters. The zero-order chi connectivity index (χ0) is 31.6. The monoisotopic (exact) mass is 609 g/mol. The van der Waals surface area contributed by atoms with Crippen LogP contribution in [0, 0.1) is 12.7 Å². The molecule has 1 aliphatic heterocycles. The van der Waals surface area contributed by atoms with Gasteiger partial charge in [0, 0.05) is 36.9 Å². The summed E-state index contributed by atoms with van der Waals surface area (Å²) < 4.78 is 58.3. The van der Waals surface area contributed by atoms with Crippen LogP contribution >= 0.6 is 0 Å². The Morgan fingerprint density at radius 1 is 0.841 bits per heavy atom. The van der Waals surface area contributed by atoms with Gasteiger partial charge in [-0.05, 0) is 30.2 Å². The van der Waals surface area contributed by atoms with Crippen molar-refractivity contribution >= 4 is 11.6 Å². The van der Waals surface area contributed by atoms with E-state index in [1.807, 2.05) is 30.3 Å². The molecule has 0 bridgehead atoms. The second-order valence-electron chi connectivity index (χ2n) is 10.7. The number of nitrogens with zero attached hydrogens (tertiary/aromatic N) is 4. The molecule has 1 aromatic heterocycles. The third kappa shape index (κ3) is 6.30. The fourth-order valence-electron chi connectivity index (χ4n) is 5.51. The molecule has 1 amide bonds. The fraction of sp³-hybridized carbons (Fsp3) is 0.281. The molecule has 44 heavy (non-hydrogen) atoms. The number of hydrogen-bond donors (Lipinski definition) is 1. The van der Waals surface area contributed by atoms with Crippen molar-refractivity contribution in [2.75, 3.05) is 24.5 Å². The van der Waals surface area contributed by atoms with E-state index in [1.54, 1.807) is 35.2 Å². The minimum atomic E-state index is -4.89. The highest BCUT2D eigenvalue weighted by atomic mass is 19.4. The maximum absolute atomic E-state index is 14.9. The molecule has 4 aromatic rings. The number of piperazine rings is 1. The molecule has 2 heterocycles. The lowest BCUT2D eigenvalue weighted by Crippen LogP contribution is -2.53. The average Bonchev–Trinajstić information content (AvgIpc) is 3.00. The van der Waals surface area contributed by atoms with Gasteiger partial charge in [0.05, 0.1) is 25.2 Å². The summed E-state index contributed by atoms with van der Waals surface area (Å²) in [5.41, 5.74) is 4.28. The van der Waals surface area contributed by atoms with E-state index in [1.165, 1.54) is 11.8 Å². The number of amides is 1. The number of anilines is 1. The van der Waals surface area contributed by atoms with Gasteiger partial charge >= 0.3 is 11.9 Å². The summed E-state index contributed by atoms with van der Waals surface area (Å²) in [6, 6.07) is 19.9. The van der Waals surface area contributed by atoms with Crippen molar-refractivity contribution in [3.63, 3.8) is 0 Å². The Balaban J connectivity index is 1.58. The van der Waals surface area contributed by atoms with Gasteiger partial charge in [0.1, 0.15) is 11.5 Å². The highest BCUT2D eigenvalue weighted by Gasteiger charge is 2.35. The lowest BCUT2D eigenvalue weighted by Gasteiger charge is -2.36. The molecule has 0 unspecified atom stereocenters. The summed E-state index contributed by atoms with van der Waals surface area (Å²) in [4.78, 5) is 44.1. The Kier molecular flexibility index (Phi) is 8.73. The van der Waals surface area contributed by atoms with Crippen LogP contribution < -0.4 is 21.9 Å². The van der Waals surface area contributed by atoms with Crippen molar-refractivity contribution in [1.29, 1.82) is 0 Å². The van der Waals surface area contributed by atoms with E-state index in [0.717, 1.165) is 32.9 Å². The Hall–Kier alpha value is -4.71. The number of halogens is 4. The SMILES string of the molecule is Cc1c(N2CCN(Cc3ccccc3)C(=O)C2)c(=O)n(C[C@H](N)c2ccccc2)c(=O)n1Cc1c(F)cccc1C(F)(F)F. The molecule has 3 aromatic carbocycles. The molecule has 12 heteroatoms. The van der Waals surface area contributed by atoms with Gasteiger partial charge in [-0.15, -0.1) is 0 Å². The van der Waals surface area contributed by atoms with Gasteiger partial charge < -0.3 is 15.5 Å². The Bertz CT molecular complexity index is 1770. The minimum absolute atomic E-state index is 0.0187. The minimum Gasteiger partial charge on any atom is -0.355 e. The van der Waals surface area contributed by atoms with E-state index >= 15 is 0 Å². The summed E-state index contributed by atoms with van der Waals surface area (Å²) in [5.74, 6) is -1.41. The molecule has 5 rings (SSSR count). The van der Waals surface area contributed by atoms with Crippen LogP contribution in [0.25, 0.3) is 0 Å². The normalized spacial score (nSPS) is 14.6. The molecule has 0 radical (unpaired) electrons. The van der Waals surface area contributed by atoms with Gasteiger partial charge in [0.15, 0.2) is 0 Å². The quantitative estimate of drug-likeness (QED) is 0.304. The lowest BCUT2D eigenvalue weighted by molar-refractivity contribution is -0.138. The highest BCUT2D eigenvalue weighted by Crippen LogP contribution is 2.33. The molecule has 0 saturated carbocycles. The molecule has 0 spiro atoms. The fourth-order valence-corrected chi connectivity index (χ4v) is 5.51. The first-order valence-electron chi connectivity index (χ1n) is 14.0. The molecule has 8 nitrogen and oxygen atoms in total. The molecule has 0 aliphatic carbocycles. The van der Waals surface area contributed by atoms with E-state index in [9.17, 15) is 31.9 Å². The van der Waals surface area contributed by atoms with Gasteiger partial charge in [0.2, 0.25) is 5.91 Å². The maximum atomic E-state index is 14.9. The largest absolute Gasteiger partial charge is 0.416 e. The van der Waals surface area contributed by atoms with Crippen LogP contribution in [0.5, 0.6) is 0 Å². The Morgan fingerprint density at radius 2 is 1.50 bits per heavy atom. The van der Waals surface area contributed by atoms with E-state index in [4.69, 9.17) is 5.73 Å². The number of nitrogens with two attached hydrogens (primary N) is 1. The predicted octanol–water partition coefficient (Wildman–Crippen LogP) is 4.07. The smallest absolute Gasteiger partial charge is 0.355 e. The number of carbonyl (C=O) groups is 1. The van der Waals surface area contributed by atoms with E-state index in [-0.39, 0.29) is 43.5 Å². The third-order valence-electron chi connectivity index (χ3n) is 7.86. The summed E-state index contributed by atoms with van der Waals surface area (Å²) in [6.45, 7) is 0.998. The third-order valence-corrected chi connectivity index (χ3v) is 7.86. The zero-order valence-electron chi connectivity index (χ0n) is 23.9. The van der Waals surface area contributed by atoms with Crippen molar-refractivity contribution in [2.45, 2.75) is 38.8 Å². The van der Waals surface area contributed by atoms with Gasteiger partial charge in [-0.3, -0.25) is 18.7 Å². The molecular weight excluding hydrogens is 578 g/mol. The Labute approximate surface area is 250 Å². The van der Waals surface area contributed by atoms with Crippen molar-refractivity contribution < 1.29 is 22.4 Å². The number of alkyl halides is 3. The molecule has 1 fully saturated rings. The first-order valence-corrected chi connectivity index (χ1v) is 14.0. The lowest BCUT2D eigenvalue weighted by atomic mass is 10.1. The molecule has 2 N–H and O–H groups in total. The average molecular weight is 610 g/mol. The first kappa shape index (κ1) is 30.7. The second-order valence-corrected chi connectivity index (χ2v) is 10.7. The number of carbonyl (C=O) groups excluding carboxylic acids is 1. The number of aromatic nitrogens is 2. The number of hydrogen-bond acceptors (Lipinski definition) is 5. The molecule has 1 aliphatic rings. The van der Waals surface area contributed by atoms with Crippen LogP contribution in [0.4, 0.5) is 23.2 Å². The van der Waals surface area contributed by atoms with E-state index in [0.29, 0.717) is 12.1 Å². The van der Waals surface area contributed by atoms with Crippen LogP contribution in [0.1, 0.15) is 34.0 Å². The number of rotatable bonds is 8. The van der Waals surface area contributed by atoms with Gasteiger partial charge in [-0.1, -0.05) is 66.7 Å². The first-order chi connectivity index (χ1) is 21.0. The summed E-state index contributed by atoms with van der Waals surface area (Å²) in [5, 5.41) is 0. The van der Waals surface area contributed by atoms with Crippen molar-refractivity contribution in [1.82, 2.24) is 14.0 Å². The zero-order valence-corrected chi connectivity index (χ0v) is 23.9. The van der Waals surface area contributed by atoms with Crippen LogP contribution in [-0.4, -0.2) is 39.6 Å². The molecule has 1 saturated heterocycles. The van der Waals surface area contributed by atoms with Crippen molar-refractivity contribution in [3.8, 4) is 0 Å². The number of benzene rings is 3. The molecular formula is C32H31F4N5O3. The van der Waals surface area contributed by atoms with Gasteiger partial charge in [-0.2, -0.15) is 13.2 Å². The standard InChI is InChI=1S/C32H31F4N5O3/c1-21-29(39-16-15-38(28(42)20-39)17-22-9-4-2-5-10-22)30(43)41(19-27(37)23-11-6-3-7-12-23)31(44)40(21)18-24-25(32(34,35)36)13-8-14-26(24)33/h2-14,27H,15-20,37H2,1H3/t27-/m0/s1. The topological polar surface area (TPSA) is 93.6 Å². The van der Waals surface area contributed by atoms with Crippen molar-refractivity contribution in [2.24, 2.45) is 5.73 Å². The summed E-state index contributed by atoms with van der Waals surface area (Å²) in [6.07, 6.45) is -4.89. The predicted molar refractivity (Wildman–Crippen MR) is 158 cm³/mol. The van der Waals surface area contributed by atoms with Gasteiger partial charge in [0.25, 0.3) is 5.56 Å². The van der Waals surface area contributed by atoms with E-state index < -0.39 is 47.0 Å². The van der Waals surface area contributed by atoms with Crippen LogP contribution in [0.15, 0.2) is 88.5 Å². The van der Waals surface area contributed by atoms with Crippen LogP contribution in [0.3, 0.4) is 0 Å².